The first-order valence-electron chi connectivity index (χ1n) is 7.51. The third kappa shape index (κ3) is 4.45. The maximum absolute atomic E-state index is 11.4. The number of carbonyl (C=O) groups is 1. The van der Waals surface area contributed by atoms with Gasteiger partial charge in [-0.05, 0) is 55.0 Å². The van der Waals surface area contributed by atoms with E-state index in [0.29, 0.717) is 22.1 Å². The molecule has 1 heterocycles. The summed E-state index contributed by atoms with van der Waals surface area (Å²) in [6.07, 6.45) is 0. The molecule has 6 nitrogen and oxygen atoms in total. The molecule has 0 atom stereocenters. The Morgan fingerprint density at radius 3 is 2.11 bits per heavy atom. The van der Waals surface area contributed by atoms with Crippen LogP contribution >= 0.6 is 11.6 Å². The fourth-order valence-electron chi connectivity index (χ4n) is 2.76. The molecule has 2 N–H and O–H groups in total. The molecule has 2 aromatic carbocycles. The summed E-state index contributed by atoms with van der Waals surface area (Å²) in [7, 11) is -3.82. The average Bonchev–Trinajstić information content (AvgIpc) is 2.92. The molecule has 0 saturated heterocycles. The number of halogens is 1. The molecule has 3 aromatic rings. The molecule has 0 aliphatic carbocycles. The molecule has 0 spiro atoms. The van der Waals surface area contributed by atoms with E-state index in [-0.39, 0.29) is 40.0 Å². The Bertz CT molecular complexity index is 1090. The smallest absolute Gasteiger partial charge is 0.545 e. The first-order chi connectivity index (χ1) is 12.2. The van der Waals surface area contributed by atoms with Crippen LogP contribution in [0.5, 0.6) is 0 Å². The number of carboxylic acid groups (broad SMARTS) is 1. The maximum Gasteiger partial charge on any atom is 1.00 e. The first-order valence-corrected chi connectivity index (χ1v) is 9.44. The van der Waals surface area contributed by atoms with E-state index in [2.05, 4.69) is 0 Å². The van der Waals surface area contributed by atoms with Gasteiger partial charge in [-0.15, -0.1) is 0 Å². The van der Waals surface area contributed by atoms with Crippen molar-refractivity contribution in [2.45, 2.75) is 11.8 Å². The van der Waals surface area contributed by atoms with Gasteiger partial charge in [-0.2, -0.15) is 0 Å². The van der Waals surface area contributed by atoms with Gasteiger partial charge in [-0.1, -0.05) is 23.7 Å². The Kier molecular flexibility index (Phi) is 6.57. The molecule has 0 bridgehead atoms. The van der Waals surface area contributed by atoms with Crippen LogP contribution in [0, 0.1) is 6.92 Å². The Morgan fingerprint density at radius 2 is 1.63 bits per heavy atom. The van der Waals surface area contributed by atoms with Gasteiger partial charge in [0.05, 0.1) is 16.6 Å². The zero-order valence-corrected chi connectivity index (χ0v) is 18.2. The number of rotatable bonds is 4. The molecule has 0 saturated carbocycles. The van der Waals surface area contributed by atoms with Crippen LogP contribution < -0.4 is 39.8 Å². The molecule has 27 heavy (non-hydrogen) atoms. The van der Waals surface area contributed by atoms with E-state index in [0.717, 1.165) is 5.56 Å². The normalized spacial score (nSPS) is 11.1. The predicted molar refractivity (Wildman–Crippen MR) is 96.7 cm³/mol. The molecular weight excluding hydrogens is 399 g/mol. The number of aromatic nitrogens is 1. The van der Waals surface area contributed by atoms with Crippen molar-refractivity contribution in [3.8, 4) is 16.9 Å². The Morgan fingerprint density at radius 1 is 1.07 bits per heavy atom. The Balaban J connectivity index is 0.00000261. The van der Waals surface area contributed by atoms with Crippen molar-refractivity contribution in [1.29, 1.82) is 0 Å². The van der Waals surface area contributed by atoms with Crippen LogP contribution in [0.2, 0.25) is 5.02 Å². The van der Waals surface area contributed by atoms with E-state index >= 15 is 0 Å². The van der Waals surface area contributed by atoms with Gasteiger partial charge in [0.1, 0.15) is 0 Å². The number of hydrogen-bond acceptors (Lipinski definition) is 4. The van der Waals surface area contributed by atoms with Gasteiger partial charge in [0.2, 0.25) is 10.0 Å². The molecule has 1 aromatic heterocycles. The van der Waals surface area contributed by atoms with E-state index < -0.39 is 16.0 Å². The molecule has 0 unspecified atom stereocenters. The molecule has 0 radical (unpaired) electrons. The topological polar surface area (TPSA) is 105 Å². The minimum Gasteiger partial charge on any atom is -0.545 e. The zero-order valence-electron chi connectivity index (χ0n) is 14.6. The van der Waals surface area contributed by atoms with Gasteiger partial charge in [0.15, 0.2) is 0 Å². The van der Waals surface area contributed by atoms with E-state index in [1.807, 2.05) is 0 Å². The van der Waals surface area contributed by atoms with Gasteiger partial charge in [-0.3, -0.25) is 0 Å². The second-order valence-electron chi connectivity index (χ2n) is 5.70. The number of primary sulfonamides is 1. The van der Waals surface area contributed by atoms with Crippen LogP contribution in [-0.4, -0.2) is 19.0 Å². The van der Waals surface area contributed by atoms with E-state index in [4.69, 9.17) is 16.7 Å². The van der Waals surface area contributed by atoms with Gasteiger partial charge in [-0.25, -0.2) is 13.6 Å². The number of aromatic carboxylic acids is 1. The second kappa shape index (κ2) is 8.18. The van der Waals surface area contributed by atoms with Crippen molar-refractivity contribution < 1.29 is 47.9 Å². The summed E-state index contributed by atoms with van der Waals surface area (Å²) < 4.78 is 24.6. The Hall–Kier alpha value is -1.61. The third-order valence-corrected chi connectivity index (χ3v) is 5.21. The summed E-state index contributed by atoms with van der Waals surface area (Å²) >= 11 is 5.92. The molecule has 9 heteroatoms. The molecule has 0 fully saturated rings. The first kappa shape index (κ1) is 21.7. The van der Waals surface area contributed by atoms with Crippen LogP contribution in [0.3, 0.4) is 0 Å². The molecular formula is C18H14ClN2NaO4S. The van der Waals surface area contributed by atoms with Crippen molar-refractivity contribution in [3.63, 3.8) is 0 Å². The number of hydrogen-bond donors (Lipinski definition) is 1. The third-order valence-electron chi connectivity index (χ3n) is 4.03. The number of benzene rings is 2. The van der Waals surface area contributed by atoms with Crippen LogP contribution in [0.4, 0.5) is 0 Å². The van der Waals surface area contributed by atoms with Crippen molar-refractivity contribution in [3.05, 3.63) is 70.9 Å². The van der Waals surface area contributed by atoms with Crippen molar-refractivity contribution in [2.75, 3.05) is 0 Å². The fourth-order valence-corrected chi connectivity index (χ4v) is 3.41. The number of nitrogens with zero attached hydrogens (tertiary/aromatic N) is 1. The number of nitrogens with two attached hydrogens (primary N) is 1. The number of carbonyl (C=O) groups excluding carboxylic acids is 1. The zero-order chi connectivity index (χ0) is 19.1. The monoisotopic (exact) mass is 412 g/mol. The number of carboxylic acids is 1. The molecule has 0 aliphatic rings. The minimum atomic E-state index is -3.82. The van der Waals surface area contributed by atoms with Crippen LogP contribution in [0.25, 0.3) is 16.9 Å². The van der Waals surface area contributed by atoms with E-state index in [9.17, 15) is 18.3 Å². The average molecular weight is 413 g/mol. The number of sulfonamides is 1. The summed E-state index contributed by atoms with van der Waals surface area (Å²) in [6, 6.07) is 14.3. The molecule has 0 amide bonds. The van der Waals surface area contributed by atoms with Crippen LogP contribution in [0.15, 0.2) is 59.5 Å². The minimum absolute atomic E-state index is 0. The van der Waals surface area contributed by atoms with Crippen LogP contribution in [0.1, 0.15) is 16.1 Å². The fraction of sp³-hybridized carbons (Fsp3) is 0.0556. The summed E-state index contributed by atoms with van der Waals surface area (Å²) in [5.41, 5.74) is 2.46. The van der Waals surface area contributed by atoms with Gasteiger partial charge in [0.25, 0.3) is 0 Å². The molecule has 134 valence electrons. The second-order valence-corrected chi connectivity index (χ2v) is 7.70. The molecule has 3 rings (SSSR count). The van der Waals surface area contributed by atoms with Gasteiger partial charge < -0.3 is 14.5 Å². The van der Waals surface area contributed by atoms with Crippen molar-refractivity contribution in [2.24, 2.45) is 5.14 Å². The summed E-state index contributed by atoms with van der Waals surface area (Å²) in [5, 5.41) is 17.1. The van der Waals surface area contributed by atoms with Gasteiger partial charge >= 0.3 is 29.6 Å². The quantitative estimate of drug-likeness (QED) is 0.562. The summed E-state index contributed by atoms with van der Waals surface area (Å²) in [5.74, 6) is -1.29. The SMILES string of the molecule is Cc1c(C(=O)[O-])cc(-c2ccc(Cl)cc2)n1-c1ccc(S(N)(=O)=O)cc1.[Na+]. The standard InChI is InChI=1S/C18H15ClN2O4S.Na/c1-11-16(18(22)23)10-17(12-2-4-13(19)5-3-12)21(11)14-6-8-15(9-7-14)26(20,24)25;/h2-10H,1H3,(H,22,23)(H2,20,24,25);/q;+1/p-1. The summed E-state index contributed by atoms with van der Waals surface area (Å²) in [4.78, 5) is 11.4. The molecule has 0 aliphatic heterocycles. The van der Waals surface area contributed by atoms with Gasteiger partial charge in [0, 0.05) is 22.0 Å². The van der Waals surface area contributed by atoms with Crippen LogP contribution in [-0.2, 0) is 10.0 Å². The van der Waals surface area contributed by atoms with E-state index in [1.54, 1.807) is 47.9 Å². The summed E-state index contributed by atoms with van der Waals surface area (Å²) in [6.45, 7) is 1.65. The Labute approximate surface area is 183 Å². The largest absolute Gasteiger partial charge is 1.00 e. The maximum atomic E-state index is 11.4. The van der Waals surface area contributed by atoms with Crippen molar-refractivity contribution >= 4 is 27.6 Å². The van der Waals surface area contributed by atoms with E-state index in [1.165, 1.54) is 18.2 Å². The predicted octanol–water partition coefficient (Wildman–Crippen LogP) is -0.879. The van der Waals surface area contributed by atoms with Crippen molar-refractivity contribution in [1.82, 2.24) is 4.57 Å².